The number of amides is 2. The van der Waals surface area contributed by atoms with Gasteiger partial charge in [0, 0.05) is 26.5 Å². The van der Waals surface area contributed by atoms with Crippen molar-refractivity contribution in [3.63, 3.8) is 0 Å². The highest BCUT2D eigenvalue weighted by Crippen LogP contribution is 2.17. The van der Waals surface area contributed by atoms with Crippen molar-refractivity contribution in [2.45, 2.75) is 6.55 Å². The number of alkyl halides is 2. The molecule has 0 aromatic carbocycles. The predicted molar refractivity (Wildman–Crippen MR) is 68.0 cm³/mol. The van der Waals surface area contributed by atoms with Crippen LogP contribution in [-0.4, -0.2) is 38.4 Å². The van der Waals surface area contributed by atoms with Gasteiger partial charge >= 0.3 is 6.55 Å². The molecular weight excluding hydrogens is 286 g/mol. The highest BCUT2D eigenvalue weighted by molar-refractivity contribution is 6.07. The molecule has 21 heavy (non-hydrogen) atoms. The zero-order valence-electron chi connectivity index (χ0n) is 11.2. The number of nitrogens with zero attached hydrogens (tertiary/aromatic N) is 4. The Kier molecular flexibility index (Phi) is 3.96. The summed E-state index contributed by atoms with van der Waals surface area (Å²) in [6.45, 7) is -2.94. The van der Waals surface area contributed by atoms with Crippen molar-refractivity contribution in [3.05, 3.63) is 29.8 Å². The molecule has 2 amide bonds. The Bertz CT molecular complexity index is 678. The van der Waals surface area contributed by atoms with E-state index in [9.17, 15) is 18.4 Å². The first-order valence-corrected chi connectivity index (χ1v) is 5.82. The van der Waals surface area contributed by atoms with Crippen LogP contribution in [0.1, 0.15) is 27.5 Å². The van der Waals surface area contributed by atoms with E-state index in [1.807, 2.05) is 0 Å². The van der Waals surface area contributed by atoms with Crippen molar-refractivity contribution in [2.75, 3.05) is 12.4 Å². The molecule has 0 aliphatic carbocycles. The van der Waals surface area contributed by atoms with Gasteiger partial charge in [0.2, 0.25) is 0 Å². The second kappa shape index (κ2) is 5.69. The summed E-state index contributed by atoms with van der Waals surface area (Å²) in [5, 5.41) is 12.0. The average molecular weight is 298 g/mol. The summed E-state index contributed by atoms with van der Waals surface area (Å²) in [6.07, 6.45) is 2.48. The van der Waals surface area contributed by atoms with Crippen molar-refractivity contribution < 1.29 is 18.4 Å². The van der Waals surface area contributed by atoms with Crippen molar-refractivity contribution in [1.82, 2.24) is 24.9 Å². The molecule has 8 nitrogen and oxygen atoms in total. The molecule has 2 aromatic heterocycles. The molecule has 0 radical (unpaired) electrons. The Labute approximate surface area is 117 Å². The highest BCUT2D eigenvalue weighted by Gasteiger charge is 2.21. The number of aryl methyl sites for hydroxylation is 1. The number of aromatic nitrogens is 4. The molecule has 0 atom stereocenters. The van der Waals surface area contributed by atoms with Crippen LogP contribution in [0.15, 0.2) is 18.5 Å². The van der Waals surface area contributed by atoms with Gasteiger partial charge in [0.1, 0.15) is 5.69 Å². The summed E-state index contributed by atoms with van der Waals surface area (Å²) in [6, 6.07) is 1.15. The van der Waals surface area contributed by atoms with Crippen LogP contribution in [-0.2, 0) is 7.05 Å². The van der Waals surface area contributed by atoms with Gasteiger partial charge in [-0.15, -0.1) is 0 Å². The van der Waals surface area contributed by atoms with Gasteiger partial charge in [-0.25, -0.2) is 0 Å². The molecule has 0 bridgehead atoms. The molecule has 10 heteroatoms. The van der Waals surface area contributed by atoms with Gasteiger partial charge in [-0.05, 0) is 6.07 Å². The van der Waals surface area contributed by atoms with Crippen LogP contribution in [0.25, 0.3) is 0 Å². The molecule has 0 saturated heterocycles. The minimum atomic E-state index is -2.94. The second-order valence-electron chi connectivity index (χ2n) is 4.04. The Morgan fingerprint density at radius 2 is 2.05 bits per heavy atom. The molecule has 0 saturated carbocycles. The number of carbonyl (C=O) groups excluding carboxylic acids is 2. The van der Waals surface area contributed by atoms with Gasteiger partial charge in [-0.3, -0.25) is 14.3 Å². The number of rotatable bonds is 4. The molecule has 112 valence electrons. The van der Waals surface area contributed by atoms with Gasteiger partial charge in [0.15, 0.2) is 5.69 Å². The van der Waals surface area contributed by atoms with Crippen molar-refractivity contribution in [2.24, 2.45) is 7.05 Å². The molecule has 0 spiro atoms. The van der Waals surface area contributed by atoms with E-state index in [1.54, 1.807) is 7.05 Å². The zero-order chi connectivity index (χ0) is 15.6. The normalized spacial score (nSPS) is 10.7. The number of carbonyl (C=O) groups is 2. The summed E-state index contributed by atoms with van der Waals surface area (Å²) in [5.74, 6) is -1.32. The number of nitrogens with one attached hydrogen (secondary N) is 2. The minimum absolute atomic E-state index is 0.0172. The van der Waals surface area contributed by atoms with Gasteiger partial charge in [-0.2, -0.15) is 23.7 Å². The van der Waals surface area contributed by atoms with Crippen LogP contribution in [0.4, 0.5) is 14.5 Å². The third-order valence-corrected chi connectivity index (χ3v) is 2.61. The van der Waals surface area contributed by atoms with Crippen molar-refractivity contribution in [1.29, 1.82) is 0 Å². The molecule has 2 N–H and O–H groups in total. The predicted octanol–water partition coefficient (Wildman–Crippen LogP) is 0.624. The van der Waals surface area contributed by atoms with Crippen molar-refractivity contribution >= 4 is 17.5 Å². The SMILES string of the molecule is CNC(=O)c1nn(C)cc1NC(=O)c1ccnn1C(F)F. The third-order valence-electron chi connectivity index (χ3n) is 2.61. The van der Waals surface area contributed by atoms with Gasteiger partial charge in [0.25, 0.3) is 11.8 Å². The zero-order valence-corrected chi connectivity index (χ0v) is 11.2. The Hall–Kier alpha value is -2.78. The first-order chi connectivity index (χ1) is 9.93. The van der Waals surface area contributed by atoms with E-state index in [4.69, 9.17) is 0 Å². The molecule has 0 fully saturated rings. The second-order valence-corrected chi connectivity index (χ2v) is 4.04. The summed E-state index contributed by atoms with van der Waals surface area (Å²) >= 11 is 0. The fraction of sp³-hybridized carbons (Fsp3) is 0.273. The van der Waals surface area contributed by atoms with E-state index >= 15 is 0 Å². The van der Waals surface area contributed by atoms with Crippen molar-refractivity contribution in [3.8, 4) is 0 Å². The van der Waals surface area contributed by atoms with Crippen LogP contribution < -0.4 is 10.6 Å². The maximum absolute atomic E-state index is 12.7. The monoisotopic (exact) mass is 298 g/mol. The lowest BCUT2D eigenvalue weighted by Gasteiger charge is -2.07. The van der Waals surface area contributed by atoms with Gasteiger partial charge in [-0.1, -0.05) is 0 Å². The maximum atomic E-state index is 12.7. The largest absolute Gasteiger partial charge is 0.354 e. The van der Waals surface area contributed by atoms with Crippen LogP contribution in [0, 0.1) is 0 Å². The van der Waals surface area contributed by atoms with Crippen LogP contribution >= 0.6 is 0 Å². The number of hydrogen-bond acceptors (Lipinski definition) is 4. The molecule has 2 aromatic rings. The Morgan fingerprint density at radius 3 is 2.67 bits per heavy atom. The van der Waals surface area contributed by atoms with Crippen LogP contribution in [0.5, 0.6) is 0 Å². The standard InChI is InChI=1S/C11H12F2N6O2/c1-14-10(21)8-6(5-18(2)17-8)16-9(20)7-3-4-15-19(7)11(12)13/h3-5,11H,1-2H3,(H,14,21)(H,16,20). The first kappa shape index (κ1) is 14.6. The third kappa shape index (κ3) is 2.88. The number of hydrogen-bond donors (Lipinski definition) is 2. The summed E-state index contributed by atoms with van der Waals surface area (Å²) in [4.78, 5) is 23.6. The summed E-state index contributed by atoms with van der Waals surface area (Å²) in [7, 11) is 2.97. The molecule has 0 unspecified atom stereocenters. The van der Waals surface area contributed by atoms with E-state index < -0.39 is 18.4 Å². The lowest BCUT2D eigenvalue weighted by molar-refractivity contribution is 0.0520. The lowest BCUT2D eigenvalue weighted by Crippen LogP contribution is -2.23. The quantitative estimate of drug-likeness (QED) is 0.865. The van der Waals surface area contributed by atoms with Gasteiger partial charge in [0.05, 0.1) is 5.69 Å². The molecule has 0 aliphatic heterocycles. The molecule has 0 aliphatic rings. The van der Waals surface area contributed by atoms with E-state index in [1.165, 1.54) is 17.9 Å². The molecule has 2 rings (SSSR count). The smallest absolute Gasteiger partial charge is 0.333 e. The number of halogens is 2. The lowest BCUT2D eigenvalue weighted by atomic mass is 10.3. The summed E-state index contributed by atoms with van der Waals surface area (Å²) in [5.41, 5.74) is -0.225. The number of anilines is 1. The Balaban J connectivity index is 2.28. The van der Waals surface area contributed by atoms with Crippen LogP contribution in [0.3, 0.4) is 0 Å². The maximum Gasteiger partial charge on any atom is 0.333 e. The summed E-state index contributed by atoms with van der Waals surface area (Å²) < 4.78 is 26.9. The Morgan fingerprint density at radius 1 is 1.33 bits per heavy atom. The highest BCUT2D eigenvalue weighted by atomic mass is 19.3. The van der Waals surface area contributed by atoms with Gasteiger partial charge < -0.3 is 10.6 Å². The molecule has 2 heterocycles. The fourth-order valence-electron chi connectivity index (χ4n) is 1.70. The van der Waals surface area contributed by atoms with E-state index in [-0.39, 0.29) is 21.8 Å². The molecular formula is C11H12F2N6O2. The average Bonchev–Trinajstić information content (AvgIpc) is 3.04. The van der Waals surface area contributed by atoms with Crippen LogP contribution in [0.2, 0.25) is 0 Å². The van der Waals surface area contributed by atoms with E-state index in [0.29, 0.717) is 0 Å². The minimum Gasteiger partial charge on any atom is -0.354 e. The topological polar surface area (TPSA) is 93.8 Å². The fourth-order valence-corrected chi connectivity index (χ4v) is 1.70. The first-order valence-electron chi connectivity index (χ1n) is 5.82. The van der Waals surface area contributed by atoms with E-state index in [0.717, 1.165) is 12.3 Å². The van der Waals surface area contributed by atoms with E-state index in [2.05, 4.69) is 20.8 Å².